The quantitative estimate of drug-likeness (QED) is 0.318. The normalized spacial score (nSPS) is 17.6. The molecule has 1 aliphatic rings. The molecule has 0 spiro atoms. The van der Waals surface area contributed by atoms with Crippen LogP contribution in [0.1, 0.15) is 19.3 Å². The average molecular weight is 377 g/mol. The minimum Gasteiger partial charge on any atom is -0.409 e. The first kappa shape index (κ1) is 13.7. The number of anilines is 1. The van der Waals surface area contributed by atoms with E-state index in [-0.39, 0.29) is 5.41 Å². The lowest BCUT2D eigenvalue weighted by atomic mass is 10.0. The monoisotopic (exact) mass is 375 g/mol. The van der Waals surface area contributed by atoms with E-state index >= 15 is 0 Å². The fourth-order valence-electron chi connectivity index (χ4n) is 1.93. The smallest absolute Gasteiger partial charge is 0.139 e. The van der Waals surface area contributed by atoms with Gasteiger partial charge in [-0.2, -0.15) is 0 Å². The Morgan fingerprint density at radius 2 is 2.17 bits per heavy atom. The number of nitrogens with one attached hydrogen (secondary N) is 1. The number of benzene rings is 1. The number of nitrogens with two attached hydrogens (primary N) is 1. The molecule has 4 nitrogen and oxygen atoms in total. The molecule has 0 aromatic heterocycles. The number of halogens is 2. The van der Waals surface area contributed by atoms with Crippen molar-refractivity contribution in [1.29, 1.82) is 0 Å². The summed E-state index contributed by atoms with van der Waals surface area (Å²) in [4.78, 5) is 0. The molecule has 1 aliphatic carbocycles. The molecular weight excluding hydrogens is 362 g/mol. The van der Waals surface area contributed by atoms with Crippen LogP contribution >= 0.6 is 31.9 Å². The van der Waals surface area contributed by atoms with Crippen LogP contribution in [0.5, 0.6) is 0 Å². The molecular formula is C12H15Br2N3O. The fourth-order valence-corrected chi connectivity index (χ4v) is 3.12. The number of hydrogen-bond acceptors (Lipinski definition) is 3. The number of amidine groups is 1. The molecule has 0 bridgehead atoms. The summed E-state index contributed by atoms with van der Waals surface area (Å²) < 4.78 is 2.06. The Labute approximate surface area is 123 Å². The third-order valence-corrected chi connectivity index (χ3v) is 4.38. The predicted octanol–water partition coefficient (Wildman–Crippen LogP) is 3.54. The van der Waals surface area contributed by atoms with E-state index in [0.29, 0.717) is 12.3 Å². The zero-order valence-corrected chi connectivity index (χ0v) is 13.0. The van der Waals surface area contributed by atoms with E-state index in [1.54, 1.807) is 0 Å². The van der Waals surface area contributed by atoms with E-state index in [4.69, 9.17) is 10.9 Å². The molecule has 98 valence electrons. The van der Waals surface area contributed by atoms with E-state index in [2.05, 4.69) is 42.3 Å². The number of hydrogen-bond donors (Lipinski definition) is 3. The first-order chi connectivity index (χ1) is 8.54. The van der Waals surface area contributed by atoms with Crippen molar-refractivity contribution >= 4 is 43.4 Å². The van der Waals surface area contributed by atoms with Crippen molar-refractivity contribution in [3.63, 3.8) is 0 Å². The molecule has 0 saturated heterocycles. The highest BCUT2D eigenvalue weighted by atomic mass is 79.9. The maximum atomic E-state index is 8.62. The molecule has 18 heavy (non-hydrogen) atoms. The molecule has 1 fully saturated rings. The van der Waals surface area contributed by atoms with Gasteiger partial charge in [0.25, 0.3) is 0 Å². The van der Waals surface area contributed by atoms with Gasteiger partial charge in [0.2, 0.25) is 0 Å². The molecule has 0 atom stereocenters. The van der Waals surface area contributed by atoms with Gasteiger partial charge >= 0.3 is 0 Å². The van der Waals surface area contributed by atoms with Crippen molar-refractivity contribution in [2.75, 3.05) is 11.9 Å². The Bertz CT molecular complexity index is 472. The van der Waals surface area contributed by atoms with Crippen LogP contribution in [0.2, 0.25) is 0 Å². The van der Waals surface area contributed by atoms with Crippen molar-refractivity contribution in [2.24, 2.45) is 16.3 Å². The summed E-state index contributed by atoms with van der Waals surface area (Å²) in [5.74, 6) is 0.309. The Kier molecular flexibility index (Phi) is 4.17. The predicted molar refractivity (Wildman–Crippen MR) is 80.0 cm³/mol. The number of nitrogens with zero attached hydrogens (tertiary/aromatic N) is 1. The lowest BCUT2D eigenvalue weighted by molar-refractivity contribution is 0.315. The fraction of sp³-hybridized carbons (Fsp3) is 0.417. The Hall–Kier alpha value is -0.750. The van der Waals surface area contributed by atoms with Crippen molar-refractivity contribution in [3.05, 3.63) is 27.1 Å². The Morgan fingerprint density at radius 3 is 2.72 bits per heavy atom. The van der Waals surface area contributed by atoms with Crippen LogP contribution in [0.4, 0.5) is 5.69 Å². The van der Waals surface area contributed by atoms with Gasteiger partial charge in [-0.05, 0) is 52.4 Å². The van der Waals surface area contributed by atoms with E-state index in [9.17, 15) is 0 Å². The highest BCUT2D eigenvalue weighted by Crippen LogP contribution is 2.49. The summed E-state index contributed by atoms with van der Waals surface area (Å²) in [6.07, 6.45) is 2.87. The van der Waals surface area contributed by atoms with Gasteiger partial charge in [0.1, 0.15) is 5.84 Å². The van der Waals surface area contributed by atoms with Gasteiger partial charge in [0, 0.05) is 27.6 Å². The number of oxime groups is 1. The summed E-state index contributed by atoms with van der Waals surface area (Å²) in [6.45, 7) is 0.837. The summed E-state index contributed by atoms with van der Waals surface area (Å²) in [5.41, 5.74) is 6.79. The second-order valence-corrected chi connectivity index (χ2v) is 6.52. The Morgan fingerprint density at radius 1 is 1.44 bits per heavy atom. The van der Waals surface area contributed by atoms with Crippen LogP contribution in [0.3, 0.4) is 0 Å². The summed E-state index contributed by atoms with van der Waals surface area (Å²) in [5, 5.41) is 15.1. The second-order valence-electron chi connectivity index (χ2n) is 4.75. The maximum absolute atomic E-state index is 8.62. The van der Waals surface area contributed by atoms with E-state index in [1.807, 2.05) is 18.2 Å². The van der Waals surface area contributed by atoms with Crippen LogP contribution < -0.4 is 11.1 Å². The summed E-state index contributed by atoms with van der Waals surface area (Å²) in [7, 11) is 0. The van der Waals surface area contributed by atoms with Gasteiger partial charge in [-0.1, -0.05) is 21.1 Å². The number of rotatable bonds is 5. The van der Waals surface area contributed by atoms with Crippen LogP contribution in [-0.2, 0) is 0 Å². The molecule has 2 rings (SSSR count). The van der Waals surface area contributed by atoms with Gasteiger partial charge in [0.05, 0.1) is 0 Å². The summed E-state index contributed by atoms with van der Waals surface area (Å²) in [6, 6.07) is 6.02. The maximum Gasteiger partial charge on any atom is 0.139 e. The van der Waals surface area contributed by atoms with Crippen LogP contribution in [0.25, 0.3) is 0 Å². The van der Waals surface area contributed by atoms with Gasteiger partial charge in [0.15, 0.2) is 0 Å². The van der Waals surface area contributed by atoms with Crippen molar-refractivity contribution in [3.8, 4) is 0 Å². The molecule has 1 aromatic rings. The third kappa shape index (κ3) is 3.38. The molecule has 0 unspecified atom stereocenters. The Balaban J connectivity index is 1.95. The SMILES string of the molecule is NC(CC1(CNc2ccc(Br)cc2Br)CC1)=NO. The molecule has 0 heterocycles. The highest BCUT2D eigenvalue weighted by Gasteiger charge is 2.43. The minimum absolute atomic E-state index is 0.156. The molecule has 1 saturated carbocycles. The highest BCUT2D eigenvalue weighted by molar-refractivity contribution is 9.11. The largest absolute Gasteiger partial charge is 0.409 e. The average Bonchev–Trinajstić information content (AvgIpc) is 3.08. The third-order valence-electron chi connectivity index (χ3n) is 3.23. The van der Waals surface area contributed by atoms with E-state index in [0.717, 1.165) is 34.0 Å². The minimum atomic E-state index is 0.156. The first-order valence-electron chi connectivity index (χ1n) is 5.70. The first-order valence-corrected chi connectivity index (χ1v) is 7.29. The zero-order chi connectivity index (χ0) is 13.2. The van der Waals surface area contributed by atoms with Gasteiger partial charge in [-0.25, -0.2) is 0 Å². The molecule has 0 radical (unpaired) electrons. The second kappa shape index (κ2) is 5.48. The molecule has 6 heteroatoms. The van der Waals surface area contributed by atoms with Gasteiger partial charge < -0.3 is 16.3 Å². The van der Waals surface area contributed by atoms with Crippen molar-refractivity contribution < 1.29 is 5.21 Å². The van der Waals surface area contributed by atoms with Gasteiger partial charge in [-0.3, -0.25) is 0 Å². The standard InChI is InChI=1S/C12H15Br2N3O/c13-8-1-2-10(9(14)5-8)16-7-12(3-4-12)6-11(15)17-18/h1-2,5,16,18H,3-4,6-7H2,(H2,15,17). The molecule has 1 aromatic carbocycles. The lowest BCUT2D eigenvalue weighted by Crippen LogP contribution is -2.23. The molecule has 0 amide bonds. The van der Waals surface area contributed by atoms with Crippen molar-refractivity contribution in [1.82, 2.24) is 0 Å². The summed E-state index contributed by atoms with van der Waals surface area (Å²) >= 11 is 6.94. The van der Waals surface area contributed by atoms with Crippen LogP contribution in [-0.4, -0.2) is 17.6 Å². The van der Waals surface area contributed by atoms with E-state index < -0.39 is 0 Å². The van der Waals surface area contributed by atoms with E-state index in [1.165, 1.54) is 0 Å². The molecule has 0 aliphatic heterocycles. The lowest BCUT2D eigenvalue weighted by Gasteiger charge is -2.17. The van der Waals surface area contributed by atoms with Crippen molar-refractivity contribution in [2.45, 2.75) is 19.3 Å². The van der Waals surface area contributed by atoms with Gasteiger partial charge in [-0.15, -0.1) is 0 Å². The van der Waals surface area contributed by atoms with Crippen LogP contribution in [0, 0.1) is 5.41 Å². The molecule has 4 N–H and O–H groups in total. The van der Waals surface area contributed by atoms with Crippen LogP contribution in [0.15, 0.2) is 32.3 Å². The zero-order valence-electron chi connectivity index (χ0n) is 9.79. The topological polar surface area (TPSA) is 70.6 Å².